The molecule has 0 saturated carbocycles. The molecule has 24 heavy (non-hydrogen) atoms. The maximum absolute atomic E-state index is 12.8. The van der Waals surface area contributed by atoms with E-state index in [0.29, 0.717) is 0 Å². The van der Waals surface area contributed by atoms with Crippen LogP contribution in [0.4, 0.5) is 4.79 Å². The van der Waals surface area contributed by atoms with Crippen LogP contribution in [0.2, 0.25) is 0 Å². The smallest absolute Gasteiger partial charge is 0.310 e. The van der Waals surface area contributed by atoms with Crippen LogP contribution >= 0.6 is 0 Å². The second-order valence-electron chi connectivity index (χ2n) is 7.35. The molecule has 3 aliphatic rings. The Morgan fingerprint density at radius 2 is 1.88 bits per heavy atom. The number of pyridine rings is 1. The number of carbonyl (C=O) groups excluding carboxylic acids is 2. The molecule has 0 N–H and O–H groups in total. The highest BCUT2D eigenvalue weighted by Gasteiger charge is 2.57. The van der Waals surface area contributed by atoms with Crippen molar-refractivity contribution in [3.8, 4) is 0 Å². The molecule has 1 atom stereocenters. The van der Waals surface area contributed by atoms with Gasteiger partial charge in [-0.2, -0.15) is 0 Å². The summed E-state index contributed by atoms with van der Waals surface area (Å²) >= 11 is 0. The zero-order valence-corrected chi connectivity index (χ0v) is 14.1. The summed E-state index contributed by atoms with van der Waals surface area (Å²) in [6.45, 7) is 5.39. The first kappa shape index (κ1) is 15.6. The molecule has 0 spiro atoms. The summed E-state index contributed by atoms with van der Waals surface area (Å²) in [5.74, 6) is 0.0255. The van der Waals surface area contributed by atoms with Gasteiger partial charge in [-0.05, 0) is 50.3 Å². The lowest BCUT2D eigenvalue weighted by Gasteiger charge is -2.35. The first-order valence-electron chi connectivity index (χ1n) is 8.86. The molecule has 3 amide bonds. The number of amides is 3. The number of piperidine rings is 1. The van der Waals surface area contributed by atoms with Gasteiger partial charge in [0.15, 0.2) is 0 Å². The molecule has 4 heterocycles. The minimum absolute atomic E-state index is 0.0255. The van der Waals surface area contributed by atoms with Crippen molar-refractivity contribution in [2.24, 2.45) is 0 Å². The summed E-state index contributed by atoms with van der Waals surface area (Å²) in [6.07, 6.45) is 7.11. The Kier molecular flexibility index (Phi) is 3.79. The number of rotatable bonds is 3. The molecule has 0 bridgehead atoms. The molecule has 6 heteroatoms. The molecule has 6 nitrogen and oxygen atoms in total. The van der Waals surface area contributed by atoms with Crippen LogP contribution in [0.3, 0.4) is 0 Å². The number of hydrogen-bond acceptors (Lipinski definition) is 4. The average Bonchev–Trinajstić information content (AvgIpc) is 3.07. The topological polar surface area (TPSA) is 56.8 Å². The van der Waals surface area contributed by atoms with Crippen LogP contribution in [0.15, 0.2) is 24.5 Å². The van der Waals surface area contributed by atoms with Crippen LogP contribution in [0.1, 0.15) is 38.2 Å². The summed E-state index contributed by atoms with van der Waals surface area (Å²) in [4.78, 5) is 35.3. The number of urea groups is 1. The van der Waals surface area contributed by atoms with E-state index >= 15 is 0 Å². The molecule has 0 radical (unpaired) electrons. The second-order valence-corrected chi connectivity index (χ2v) is 7.35. The number of nitrogens with zero attached hydrogens (tertiary/aromatic N) is 4. The lowest BCUT2D eigenvalue weighted by atomic mass is 9.97. The zero-order chi connectivity index (χ0) is 16.7. The van der Waals surface area contributed by atoms with Crippen molar-refractivity contribution in [1.82, 2.24) is 19.7 Å². The van der Waals surface area contributed by atoms with Crippen molar-refractivity contribution in [1.29, 1.82) is 0 Å². The summed E-state index contributed by atoms with van der Waals surface area (Å²) in [5.41, 5.74) is 0.676. The third-order valence-electron chi connectivity index (χ3n) is 5.84. The molecule has 0 aliphatic carbocycles. The van der Waals surface area contributed by atoms with Crippen molar-refractivity contribution in [3.63, 3.8) is 0 Å². The second kappa shape index (κ2) is 5.84. The normalized spacial score (nSPS) is 28.7. The molecule has 4 rings (SSSR count). The lowest BCUT2D eigenvalue weighted by Crippen LogP contribution is -2.48. The number of fused-ring (bicyclic) bond motifs is 1. The van der Waals surface area contributed by atoms with Crippen LogP contribution in [-0.4, -0.2) is 62.8 Å². The van der Waals surface area contributed by atoms with Gasteiger partial charge in [0, 0.05) is 44.6 Å². The van der Waals surface area contributed by atoms with Gasteiger partial charge < -0.3 is 4.90 Å². The van der Waals surface area contributed by atoms with Crippen molar-refractivity contribution >= 4 is 11.9 Å². The molecule has 1 unspecified atom stereocenters. The largest absolute Gasteiger partial charge is 0.327 e. The first-order chi connectivity index (χ1) is 11.6. The highest BCUT2D eigenvalue weighted by Crippen LogP contribution is 2.39. The van der Waals surface area contributed by atoms with Gasteiger partial charge in [0.2, 0.25) is 0 Å². The lowest BCUT2D eigenvalue weighted by molar-refractivity contribution is -0.134. The van der Waals surface area contributed by atoms with E-state index in [-0.39, 0.29) is 18.0 Å². The molecule has 3 fully saturated rings. The summed E-state index contributed by atoms with van der Waals surface area (Å²) in [6, 6.07) is 4.07. The number of imide groups is 1. The molecule has 3 saturated heterocycles. The Labute approximate surface area is 142 Å². The molecule has 0 aromatic carbocycles. The van der Waals surface area contributed by atoms with Crippen molar-refractivity contribution in [2.45, 2.75) is 50.7 Å². The van der Waals surface area contributed by atoms with Crippen LogP contribution in [0.25, 0.3) is 0 Å². The van der Waals surface area contributed by atoms with E-state index in [1.807, 2.05) is 31.5 Å². The SMILES string of the molecule is CC12CCCN1C(=O)N(C1CCN(Cc3ccncc3)CC1)C2=O. The molecular formula is C18H24N4O2. The maximum Gasteiger partial charge on any atom is 0.327 e. The van der Waals surface area contributed by atoms with E-state index in [1.54, 1.807) is 9.80 Å². The molecule has 3 aliphatic heterocycles. The van der Waals surface area contributed by atoms with Crippen LogP contribution in [0, 0.1) is 0 Å². The quantitative estimate of drug-likeness (QED) is 0.795. The van der Waals surface area contributed by atoms with E-state index in [9.17, 15) is 9.59 Å². The Bertz CT molecular complexity index is 642. The van der Waals surface area contributed by atoms with Crippen LogP contribution < -0.4 is 0 Å². The minimum atomic E-state index is -0.578. The van der Waals surface area contributed by atoms with Crippen molar-refractivity contribution in [3.05, 3.63) is 30.1 Å². The van der Waals surface area contributed by atoms with Gasteiger partial charge in [0.05, 0.1) is 0 Å². The van der Waals surface area contributed by atoms with E-state index < -0.39 is 5.54 Å². The fourth-order valence-electron chi connectivity index (χ4n) is 4.37. The van der Waals surface area contributed by atoms with Crippen molar-refractivity contribution in [2.75, 3.05) is 19.6 Å². The number of carbonyl (C=O) groups is 2. The summed E-state index contributed by atoms with van der Waals surface area (Å²) in [7, 11) is 0. The maximum atomic E-state index is 12.8. The highest BCUT2D eigenvalue weighted by molar-refractivity contribution is 6.07. The minimum Gasteiger partial charge on any atom is -0.310 e. The van der Waals surface area contributed by atoms with Gasteiger partial charge >= 0.3 is 6.03 Å². The standard InChI is InChI=1S/C18H24N4O2/c1-18-7-2-10-21(18)17(24)22(16(18)23)15-5-11-20(12-6-15)13-14-3-8-19-9-4-14/h3-4,8-9,15H,2,5-7,10-13H2,1H3. The fourth-order valence-corrected chi connectivity index (χ4v) is 4.37. The Morgan fingerprint density at radius 3 is 2.54 bits per heavy atom. The van der Waals surface area contributed by atoms with E-state index in [1.165, 1.54) is 5.56 Å². The van der Waals surface area contributed by atoms with Crippen LogP contribution in [0.5, 0.6) is 0 Å². The molecular weight excluding hydrogens is 304 g/mol. The monoisotopic (exact) mass is 328 g/mol. The first-order valence-corrected chi connectivity index (χ1v) is 8.86. The highest BCUT2D eigenvalue weighted by atomic mass is 16.2. The van der Waals surface area contributed by atoms with Crippen LogP contribution in [-0.2, 0) is 11.3 Å². The predicted molar refractivity (Wildman–Crippen MR) is 89.1 cm³/mol. The summed E-state index contributed by atoms with van der Waals surface area (Å²) in [5, 5.41) is 0. The van der Waals surface area contributed by atoms with Gasteiger partial charge in [-0.3, -0.25) is 19.6 Å². The Balaban J connectivity index is 1.40. The molecule has 128 valence electrons. The number of likely N-dealkylation sites (tertiary alicyclic amines) is 1. The van der Waals surface area contributed by atoms with Gasteiger partial charge in [-0.1, -0.05) is 0 Å². The van der Waals surface area contributed by atoms with Gasteiger partial charge in [-0.15, -0.1) is 0 Å². The predicted octanol–water partition coefficient (Wildman–Crippen LogP) is 1.86. The average molecular weight is 328 g/mol. The third kappa shape index (κ3) is 2.40. The number of aromatic nitrogens is 1. The Morgan fingerprint density at radius 1 is 1.17 bits per heavy atom. The van der Waals surface area contributed by atoms with E-state index in [2.05, 4.69) is 9.88 Å². The zero-order valence-electron chi connectivity index (χ0n) is 14.1. The van der Waals surface area contributed by atoms with Gasteiger partial charge in [0.25, 0.3) is 5.91 Å². The fraction of sp³-hybridized carbons (Fsp3) is 0.611. The van der Waals surface area contributed by atoms with E-state index in [4.69, 9.17) is 0 Å². The van der Waals surface area contributed by atoms with Crippen molar-refractivity contribution < 1.29 is 9.59 Å². The molecule has 1 aromatic heterocycles. The van der Waals surface area contributed by atoms with Gasteiger partial charge in [0.1, 0.15) is 5.54 Å². The summed E-state index contributed by atoms with van der Waals surface area (Å²) < 4.78 is 0. The third-order valence-corrected chi connectivity index (χ3v) is 5.84. The van der Waals surface area contributed by atoms with E-state index in [0.717, 1.165) is 51.9 Å². The molecule has 1 aromatic rings. The van der Waals surface area contributed by atoms with Gasteiger partial charge in [-0.25, -0.2) is 4.79 Å². The Hall–Kier alpha value is -1.95. The number of hydrogen-bond donors (Lipinski definition) is 0.